The number of nitrogens with zero attached hydrogens (tertiary/aromatic N) is 1. The molecule has 0 amide bonds. The van der Waals surface area contributed by atoms with Gasteiger partial charge in [-0.1, -0.05) is 13.0 Å². The summed E-state index contributed by atoms with van der Waals surface area (Å²) in [5.74, 6) is 0.906. The fourth-order valence-corrected chi connectivity index (χ4v) is 2.11. The molecule has 0 bridgehead atoms. The first-order valence-corrected chi connectivity index (χ1v) is 5.42. The Morgan fingerprint density at radius 3 is 2.79 bits per heavy atom. The molecule has 1 aliphatic carbocycles. The summed E-state index contributed by atoms with van der Waals surface area (Å²) in [6, 6.07) is 7.18. The van der Waals surface area contributed by atoms with Gasteiger partial charge in [-0.2, -0.15) is 0 Å². The minimum absolute atomic E-state index is 0.383. The Kier molecular flexibility index (Phi) is 2.82. The molecule has 1 aliphatic rings. The fraction of sp³-hybridized carbons (Fsp3) is 0.583. The highest BCUT2D eigenvalue weighted by Gasteiger charge is 2.26. The lowest BCUT2D eigenvalue weighted by molar-refractivity contribution is 0.225. The SMILES string of the molecule is CC1CC(N[C@@H](C)c2ccccn2)C1. The molecule has 0 saturated heterocycles. The Hall–Kier alpha value is -0.890. The molecule has 1 atom stereocenters. The molecule has 1 saturated carbocycles. The number of hydrogen-bond donors (Lipinski definition) is 1. The molecule has 2 nitrogen and oxygen atoms in total. The van der Waals surface area contributed by atoms with Crippen molar-refractivity contribution in [3.05, 3.63) is 30.1 Å². The van der Waals surface area contributed by atoms with Crippen molar-refractivity contribution in [1.29, 1.82) is 0 Å². The highest BCUT2D eigenvalue weighted by Crippen LogP contribution is 2.28. The van der Waals surface area contributed by atoms with Crippen LogP contribution in [0.3, 0.4) is 0 Å². The molecule has 0 unspecified atom stereocenters. The molecular formula is C12H18N2. The van der Waals surface area contributed by atoms with E-state index in [-0.39, 0.29) is 0 Å². The number of hydrogen-bond acceptors (Lipinski definition) is 2. The van der Waals surface area contributed by atoms with Crippen molar-refractivity contribution >= 4 is 0 Å². The Bertz CT molecular complexity index is 278. The zero-order valence-electron chi connectivity index (χ0n) is 8.90. The number of rotatable bonds is 3. The van der Waals surface area contributed by atoms with Crippen LogP contribution in [0.4, 0.5) is 0 Å². The van der Waals surface area contributed by atoms with E-state index in [1.807, 2.05) is 18.3 Å². The van der Waals surface area contributed by atoms with Crippen LogP contribution in [-0.4, -0.2) is 11.0 Å². The van der Waals surface area contributed by atoms with Crippen molar-refractivity contribution in [3.63, 3.8) is 0 Å². The van der Waals surface area contributed by atoms with Crippen molar-refractivity contribution in [2.24, 2.45) is 5.92 Å². The Labute approximate surface area is 85.7 Å². The third kappa shape index (κ3) is 2.13. The maximum absolute atomic E-state index is 4.35. The number of pyridine rings is 1. The van der Waals surface area contributed by atoms with Crippen molar-refractivity contribution in [3.8, 4) is 0 Å². The normalized spacial score (nSPS) is 28.1. The first-order valence-electron chi connectivity index (χ1n) is 5.42. The van der Waals surface area contributed by atoms with Crippen LogP contribution in [0, 0.1) is 5.92 Å². The lowest BCUT2D eigenvalue weighted by Gasteiger charge is -2.35. The van der Waals surface area contributed by atoms with Crippen LogP contribution in [0.2, 0.25) is 0 Å². The topological polar surface area (TPSA) is 24.9 Å². The summed E-state index contributed by atoms with van der Waals surface area (Å²) < 4.78 is 0. The average molecular weight is 190 g/mol. The number of aromatic nitrogens is 1. The molecule has 0 spiro atoms. The monoisotopic (exact) mass is 190 g/mol. The Morgan fingerprint density at radius 2 is 2.21 bits per heavy atom. The Morgan fingerprint density at radius 1 is 1.43 bits per heavy atom. The molecule has 1 N–H and O–H groups in total. The van der Waals surface area contributed by atoms with Gasteiger partial charge in [0.2, 0.25) is 0 Å². The van der Waals surface area contributed by atoms with Crippen LogP contribution in [0.25, 0.3) is 0 Å². The molecule has 0 radical (unpaired) electrons. The molecule has 1 fully saturated rings. The first kappa shape index (κ1) is 9.66. The minimum atomic E-state index is 0.383. The van der Waals surface area contributed by atoms with Gasteiger partial charge in [-0.05, 0) is 37.8 Å². The lowest BCUT2D eigenvalue weighted by atomic mass is 9.81. The van der Waals surface area contributed by atoms with Gasteiger partial charge in [-0.25, -0.2) is 0 Å². The predicted octanol–water partition coefficient (Wildman–Crippen LogP) is 2.53. The van der Waals surface area contributed by atoms with Crippen LogP contribution in [0.5, 0.6) is 0 Å². The molecule has 76 valence electrons. The summed E-state index contributed by atoms with van der Waals surface area (Å²) >= 11 is 0. The van der Waals surface area contributed by atoms with Gasteiger partial charge in [0.05, 0.1) is 5.69 Å². The second kappa shape index (κ2) is 4.09. The van der Waals surface area contributed by atoms with Crippen LogP contribution < -0.4 is 5.32 Å². The summed E-state index contributed by atoms with van der Waals surface area (Å²) in [5, 5.41) is 3.60. The maximum atomic E-state index is 4.35. The van der Waals surface area contributed by atoms with Crippen LogP contribution in [0.15, 0.2) is 24.4 Å². The zero-order valence-corrected chi connectivity index (χ0v) is 8.90. The van der Waals surface area contributed by atoms with Crippen LogP contribution in [0.1, 0.15) is 38.4 Å². The first-order chi connectivity index (χ1) is 6.75. The molecule has 2 rings (SSSR count). The Balaban J connectivity index is 1.87. The third-order valence-electron chi connectivity index (χ3n) is 2.99. The molecule has 14 heavy (non-hydrogen) atoms. The minimum Gasteiger partial charge on any atom is -0.306 e. The van der Waals surface area contributed by atoms with Gasteiger partial charge < -0.3 is 5.32 Å². The van der Waals surface area contributed by atoms with Gasteiger partial charge in [0.25, 0.3) is 0 Å². The van der Waals surface area contributed by atoms with Crippen molar-refractivity contribution in [2.75, 3.05) is 0 Å². The van der Waals surface area contributed by atoms with E-state index in [1.54, 1.807) is 0 Å². The van der Waals surface area contributed by atoms with Gasteiger partial charge in [0, 0.05) is 18.3 Å². The highest BCUT2D eigenvalue weighted by molar-refractivity contribution is 5.08. The second-order valence-corrected chi connectivity index (χ2v) is 4.42. The van der Waals surface area contributed by atoms with E-state index in [9.17, 15) is 0 Å². The van der Waals surface area contributed by atoms with Crippen molar-refractivity contribution < 1.29 is 0 Å². The van der Waals surface area contributed by atoms with Crippen LogP contribution in [-0.2, 0) is 0 Å². The summed E-state index contributed by atoms with van der Waals surface area (Å²) in [7, 11) is 0. The summed E-state index contributed by atoms with van der Waals surface area (Å²) in [4.78, 5) is 4.35. The number of nitrogens with one attached hydrogen (secondary N) is 1. The van der Waals surface area contributed by atoms with Gasteiger partial charge in [-0.15, -0.1) is 0 Å². The molecular weight excluding hydrogens is 172 g/mol. The van der Waals surface area contributed by atoms with Gasteiger partial charge in [-0.3, -0.25) is 4.98 Å². The summed E-state index contributed by atoms with van der Waals surface area (Å²) in [6.07, 6.45) is 4.49. The van der Waals surface area contributed by atoms with Crippen molar-refractivity contribution in [2.45, 2.75) is 38.8 Å². The van der Waals surface area contributed by atoms with Crippen molar-refractivity contribution in [1.82, 2.24) is 10.3 Å². The standard InChI is InChI=1S/C12H18N2/c1-9-7-11(8-9)14-10(2)12-5-3-4-6-13-12/h3-6,9-11,14H,7-8H2,1-2H3/t9?,10-,11?/m0/s1. The van der Waals surface area contributed by atoms with Gasteiger partial charge in [0.15, 0.2) is 0 Å². The third-order valence-corrected chi connectivity index (χ3v) is 2.99. The largest absolute Gasteiger partial charge is 0.306 e. The predicted molar refractivity (Wildman–Crippen MR) is 58.0 cm³/mol. The van der Waals surface area contributed by atoms with E-state index in [2.05, 4.69) is 30.2 Å². The second-order valence-electron chi connectivity index (χ2n) is 4.42. The van der Waals surface area contributed by atoms with E-state index >= 15 is 0 Å². The highest BCUT2D eigenvalue weighted by atomic mass is 15.0. The summed E-state index contributed by atoms with van der Waals surface area (Å²) in [6.45, 7) is 4.49. The molecule has 0 aromatic carbocycles. The summed E-state index contributed by atoms with van der Waals surface area (Å²) in [5.41, 5.74) is 1.15. The maximum Gasteiger partial charge on any atom is 0.0570 e. The lowest BCUT2D eigenvalue weighted by Crippen LogP contribution is -2.41. The zero-order chi connectivity index (χ0) is 9.97. The average Bonchev–Trinajstić information content (AvgIpc) is 2.17. The van der Waals surface area contributed by atoms with Gasteiger partial charge >= 0.3 is 0 Å². The van der Waals surface area contributed by atoms with Gasteiger partial charge in [0.1, 0.15) is 0 Å². The molecule has 1 aromatic heterocycles. The fourth-order valence-electron chi connectivity index (χ4n) is 2.11. The molecule has 1 aromatic rings. The van der Waals surface area contributed by atoms with E-state index in [0.29, 0.717) is 12.1 Å². The van der Waals surface area contributed by atoms with E-state index in [1.165, 1.54) is 12.8 Å². The molecule has 1 heterocycles. The van der Waals surface area contributed by atoms with E-state index in [4.69, 9.17) is 0 Å². The molecule has 2 heteroatoms. The molecule has 0 aliphatic heterocycles. The van der Waals surface area contributed by atoms with Crippen LogP contribution >= 0.6 is 0 Å². The quantitative estimate of drug-likeness (QED) is 0.792. The van der Waals surface area contributed by atoms with E-state index in [0.717, 1.165) is 11.6 Å². The van der Waals surface area contributed by atoms with E-state index < -0.39 is 0 Å². The smallest absolute Gasteiger partial charge is 0.0570 e.